The van der Waals surface area contributed by atoms with Gasteiger partial charge in [-0.25, -0.2) is 4.39 Å². The van der Waals surface area contributed by atoms with Crippen LogP contribution in [0, 0.1) is 11.7 Å². The first-order valence-electron chi connectivity index (χ1n) is 9.05. The van der Waals surface area contributed by atoms with E-state index >= 15 is 0 Å². The summed E-state index contributed by atoms with van der Waals surface area (Å²) in [4.78, 5) is 12.3. The molecule has 2 atom stereocenters. The average molecular weight is 356 g/mol. The maximum absolute atomic E-state index is 14.2. The summed E-state index contributed by atoms with van der Waals surface area (Å²) >= 11 is 0. The van der Waals surface area contributed by atoms with Gasteiger partial charge in [-0.05, 0) is 55.4 Å². The summed E-state index contributed by atoms with van der Waals surface area (Å²) in [6.45, 7) is 2.38. The van der Waals surface area contributed by atoms with Crippen LogP contribution < -0.4 is 15.8 Å². The molecule has 2 aromatic rings. The molecular formula is C21H25FN2O2. The smallest absolute Gasteiger partial charge is 0.237 e. The Kier molecular flexibility index (Phi) is 5.89. The number of hydrogen-bond acceptors (Lipinski definition) is 3. The van der Waals surface area contributed by atoms with Crippen LogP contribution in [-0.4, -0.2) is 18.6 Å². The van der Waals surface area contributed by atoms with Crippen LogP contribution in [0.1, 0.15) is 36.9 Å². The SMILES string of the molecule is CC(NC(=O)[C@@H](N)Cc1ccccc1)c1ccc(OCC2CC2)c(F)c1. The molecule has 4 nitrogen and oxygen atoms in total. The second-order valence-electron chi connectivity index (χ2n) is 6.97. The topological polar surface area (TPSA) is 64.4 Å². The van der Waals surface area contributed by atoms with Gasteiger partial charge in [-0.1, -0.05) is 36.4 Å². The number of rotatable bonds is 8. The number of halogens is 1. The summed E-state index contributed by atoms with van der Waals surface area (Å²) in [5.41, 5.74) is 7.68. The van der Waals surface area contributed by atoms with Crippen LogP contribution in [0.25, 0.3) is 0 Å². The Labute approximate surface area is 153 Å². The third-order valence-corrected chi connectivity index (χ3v) is 4.62. The third kappa shape index (κ3) is 5.05. The van der Waals surface area contributed by atoms with Crippen LogP contribution in [0.5, 0.6) is 5.75 Å². The second-order valence-corrected chi connectivity index (χ2v) is 6.97. The number of nitrogens with one attached hydrogen (secondary N) is 1. The highest BCUT2D eigenvalue weighted by atomic mass is 19.1. The Hall–Kier alpha value is -2.40. The molecule has 0 bridgehead atoms. The molecule has 1 unspecified atom stereocenters. The van der Waals surface area contributed by atoms with Gasteiger partial charge in [-0.3, -0.25) is 4.79 Å². The quantitative estimate of drug-likeness (QED) is 0.762. The van der Waals surface area contributed by atoms with E-state index in [1.807, 2.05) is 37.3 Å². The van der Waals surface area contributed by atoms with Gasteiger partial charge in [0, 0.05) is 0 Å². The fourth-order valence-electron chi connectivity index (χ4n) is 2.76. The molecule has 2 aromatic carbocycles. The molecule has 0 spiro atoms. The Morgan fingerprint density at radius 3 is 2.65 bits per heavy atom. The van der Waals surface area contributed by atoms with Gasteiger partial charge in [0.1, 0.15) is 0 Å². The van der Waals surface area contributed by atoms with E-state index in [1.165, 1.54) is 6.07 Å². The minimum absolute atomic E-state index is 0.254. The molecular weight excluding hydrogens is 331 g/mol. The standard InChI is InChI=1S/C21H25FN2O2/c1-14(24-21(25)19(23)11-15-5-3-2-4-6-15)17-9-10-20(18(22)12-17)26-13-16-7-8-16/h2-6,9-10,12,14,16,19H,7-8,11,13,23H2,1H3,(H,24,25)/t14?,19-/m0/s1. The molecule has 1 aliphatic rings. The zero-order chi connectivity index (χ0) is 18.5. The van der Waals surface area contributed by atoms with E-state index in [0.29, 0.717) is 24.5 Å². The first-order valence-corrected chi connectivity index (χ1v) is 9.05. The summed E-state index contributed by atoms with van der Waals surface area (Å²) in [5.74, 6) is 0.173. The lowest BCUT2D eigenvalue weighted by Crippen LogP contribution is -2.42. The van der Waals surface area contributed by atoms with Crippen LogP contribution in [0.15, 0.2) is 48.5 Å². The van der Waals surface area contributed by atoms with E-state index in [1.54, 1.807) is 12.1 Å². The Morgan fingerprint density at radius 1 is 1.27 bits per heavy atom. The van der Waals surface area contributed by atoms with Gasteiger partial charge in [0.2, 0.25) is 5.91 Å². The van der Waals surface area contributed by atoms with Crippen LogP contribution >= 0.6 is 0 Å². The molecule has 1 saturated carbocycles. The van der Waals surface area contributed by atoms with E-state index in [2.05, 4.69) is 5.32 Å². The fraction of sp³-hybridized carbons (Fsp3) is 0.381. The van der Waals surface area contributed by atoms with Crippen LogP contribution in [0.4, 0.5) is 4.39 Å². The van der Waals surface area contributed by atoms with Crippen molar-refractivity contribution < 1.29 is 13.9 Å². The highest BCUT2D eigenvalue weighted by molar-refractivity contribution is 5.82. The maximum Gasteiger partial charge on any atom is 0.237 e. The normalized spacial score (nSPS) is 16.0. The molecule has 0 heterocycles. The van der Waals surface area contributed by atoms with Gasteiger partial charge in [-0.2, -0.15) is 0 Å². The van der Waals surface area contributed by atoms with E-state index in [0.717, 1.165) is 18.4 Å². The molecule has 138 valence electrons. The zero-order valence-electron chi connectivity index (χ0n) is 15.0. The lowest BCUT2D eigenvalue weighted by Gasteiger charge is -2.18. The predicted octanol–water partition coefficient (Wildman–Crippen LogP) is 3.36. The highest BCUT2D eigenvalue weighted by Gasteiger charge is 2.23. The van der Waals surface area contributed by atoms with Crippen molar-refractivity contribution in [2.75, 3.05) is 6.61 Å². The monoisotopic (exact) mass is 356 g/mol. The van der Waals surface area contributed by atoms with Crippen molar-refractivity contribution in [1.29, 1.82) is 0 Å². The molecule has 1 fully saturated rings. The first kappa shape index (κ1) is 18.4. The van der Waals surface area contributed by atoms with Crippen LogP contribution in [0.2, 0.25) is 0 Å². The van der Waals surface area contributed by atoms with Crippen molar-refractivity contribution in [3.05, 3.63) is 65.5 Å². The number of carbonyl (C=O) groups excluding carboxylic acids is 1. The minimum Gasteiger partial charge on any atom is -0.490 e. The molecule has 3 N–H and O–H groups in total. The molecule has 26 heavy (non-hydrogen) atoms. The molecule has 1 amide bonds. The van der Waals surface area contributed by atoms with E-state index in [4.69, 9.17) is 10.5 Å². The van der Waals surface area contributed by atoms with Gasteiger partial charge in [0.15, 0.2) is 11.6 Å². The van der Waals surface area contributed by atoms with Crippen molar-refractivity contribution in [3.63, 3.8) is 0 Å². The zero-order valence-corrected chi connectivity index (χ0v) is 15.0. The number of carbonyl (C=O) groups is 1. The molecule has 0 saturated heterocycles. The summed E-state index contributed by atoms with van der Waals surface area (Å²) < 4.78 is 19.7. The van der Waals surface area contributed by atoms with E-state index < -0.39 is 11.9 Å². The minimum atomic E-state index is -0.647. The van der Waals surface area contributed by atoms with Gasteiger partial charge in [0.05, 0.1) is 18.7 Å². The third-order valence-electron chi connectivity index (χ3n) is 4.62. The Balaban J connectivity index is 1.55. The molecule has 0 radical (unpaired) electrons. The molecule has 0 aromatic heterocycles. The van der Waals surface area contributed by atoms with Crippen LogP contribution in [0.3, 0.4) is 0 Å². The van der Waals surface area contributed by atoms with Gasteiger partial charge < -0.3 is 15.8 Å². The van der Waals surface area contributed by atoms with Gasteiger partial charge >= 0.3 is 0 Å². The lowest BCUT2D eigenvalue weighted by molar-refractivity contribution is -0.123. The summed E-state index contributed by atoms with van der Waals surface area (Å²) in [5, 5.41) is 2.85. The molecule has 0 aliphatic heterocycles. The summed E-state index contributed by atoms with van der Waals surface area (Å²) in [6, 6.07) is 13.5. The number of benzene rings is 2. The first-order chi connectivity index (χ1) is 12.5. The van der Waals surface area contributed by atoms with Gasteiger partial charge in [-0.15, -0.1) is 0 Å². The van der Waals surface area contributed by atoms with E-state index in [-0.39, 0.29) is 17.7 Å². The Bertz CT molecular complexity index is 747. The number of nitrogens with two attached hydrogens (primary N) is 1. The lowest BCUT2D eigenvalue weighted by atomic mass is 10.0. The average Bonchev–Trinajstić information content (AvgIpc) is 3.45. The van der Waals surface area contributed by atoms with Crippen molar-refractivity contribution in [3.8, 4) is 5.75 Å². The largest absolute Gasteiger partial charge is 0.490 e. The van der Waals surface area contributed by atoms with Crippen molar-refractivity contribution >= 4 is 5.91 Å². The van der Waals surface area contributed by atoms with E-state index in [9.17, 15) is 9.18 Å². The van der Waals surface area contributed by atoms with Gasteiger partial charge in [0.25, 0.3) is 0 Å². The summed E-state index contributed by atoms with van der Waals surface area (Å²) in [6.07, 6.45) is 2.78. The second kappa shape index (κ2) is 8.32. The van der Waals surface area contributed by atoms with Crippen molar-refractivity contribution in [2.24, 2.45) is 11.7 Å². The summed E-state index contributed by atoms with van der Waals surface area (Å²) in [7, 11) is 0. The number of hydrogen-bond donors (Lipinski definition) is 2. The highest BCUT2D eigenvalue weighted by Crippen LogP contribution is 2.30. The van der Waals surface area contributed by atoms with Crippen molar-refractivity contribution in [1.82, 2.24) is 5.32 Å². The molecule has 3 rings (SSSR count). The van der Waals surface area contributed by atoms with Crippen LogP contribution in [-0.2, 0) is 11.2 Å². The fourth-order valence-corrected chi connectivity index (χ4v) is 2.76. The Morgan fingerprint density at radius 2 is 2.00 bits per heavy atom. The maximum atomic E-state index is 14.2. The molecule has 1 aliphatic carbocycles. The molecule has 5 heteroatoms. The van der Waals surface area contributed by atoms with Crippen molar-refractivity contribution in [2.45, 2.75) is 38.3 Å². The number of amides is 1. The number of ether oxygens (including phenoxy) is 1. The predicted molar refractivity (Wildman–Crippen MR) is 99.3 cm³/mol.